The van der Waals surface area contributed by atoms with Gasteiger partial charge in [-0.3, -0.25) is 4.90 Å². The lowest BCUT2D eigenvalue weighted by molar-refractivity contribution is 0.174. The van der Waals surface area contributed by atoms with Gasteiger partial charge >= 0.3 is 0 Å². The highest BCUT2D eigenvalue weighted by Crippen LogP contribution is 2.38. The van der Waals surface area contributed by atoms with E-state index >= 15 is 0 Å². The van der Waals surface area contributed by atoms with E-state index in [1.807, 2.05) is 26.0 Å². The Kier molecular flexibility index (Phi) is 4.78. The Balaban J connectivity index is 1.91. The van der Waals surface area contributed by atoms with E-state index in [4.69, 9.17) is 13.9 Å². The van der Waals surface area contributed by atoms with Crippen LogP contribution in [0.2, 0.25) is 0 Å². The van der Waals surface area contributed by atoms with Gasteiger partial charge in [-0.15, -0.1) is 0 Å². The molecular weight excluding hydrogens is 308 g/mol. The Hall–Kier alpha value is -2.05. The first-order valence-corrected chi connectivity index (χ1v) is 8.12. The summed E-state index contributed by atoms with van der Waals surface area (Å²) in [6.45, 7) is 6.12. The first-order chi connectivity index (χ1) is 11.5. The molecule has 1 atom stereocenters. The van der Waals surface area contributed by atoms with Gasteiger partial charge in [-0.25, -0.2) is 4.98 Å². The molecule has 0 radical (unpaired) electrons. The molecule has 0 unspecified atom stereocenters. The van der Waals surface area contributed by atoms with Crippen LogP contribution in [0.4, 0.5) is 0 Å². The minimum atomic E-state index is -0.235. The number of likely N-dealkylation sites (tertiary alicyclic amines) is 1. The van der Waals surface area contributed by atoms with E-state index < -0.39 is 0 Å². The molecule has 0 amide bonds. The van der Waals surface area contributed by atoms with E-state index in [0.717, 1.165) is 41.3 Å². The molecule has 0 saturated carbocycles. The molecule has 6 heteroatoms. The van der Waals surface area contributed by atoms with Crippen molar-refractivity contribution in [2.75, 3.05) is 27.3 Å². The maximum absolute atomic E-state index is 9.66. The number of aryl methyl sites for hydroxylation is 1. The van der Waals surface area contributed by atoms with Gasteiger partial charge in [0.25, 0.3) is 0 Å². The molecule has 1 saturated heterocycles. The summed E-state index contributed by atoms with van der Waals surface area (Å²) in [6.07, 6.45) is 0.580. The van der Waals surface area contributed by atoms with Crippen LogP contribution in [-0.4, -0.2) is 48.4 Å². The van der Waals surface area contributed by atoms with Crippen LogP contribution >= 0.6 is 0 Å². The zero-order valence-corrected chi connectivity index (χ0v) is 14.6. The monoisotopic (exact) mass is 332 g/mol. The third-order valence-electron chi connectivity index (χ3n) is 4.52. The van der Waals surface area contributed by atoms with E-state index in [1.54, 1.807) is 14.2 Å². The van der Waals surface area contributed by atoms with Crippen molar-refractivity contribution < 1.29 is 19.0 Å². The second kappa shape index (κ2) is 6.83. The first-order valence-electron chi connectivity index (χ1n) is 8.12. The normalized spacial score (nSPS) is 18.1. The highest BCUT2D eigenvalue weighted by atomic mass is 16.5. The van der Waals surface area contributed by atoms with E-state index in [0.29, 0.717) is 24.7 Å². The summed E-state index contributed by atoms with van der Waals surface area (Å²) >= 11 is 0. The second-order valence-corrected chi connectivity index (χ2v) is 6.17. The number of benzene rings is 1. The van der Waals surface area contributed by atoms with Crippen LogP contribution < -0.4 is 9.47 Å². The summed E-state index contributed by atoms with van der Waals surface area (Å²) in [5, 5.41) is 9.66. The molecule has 6 nitrogen and oxygen atoms in total. The van der Waals surface area contributed by atoms with Crippen molar-refractivity contribution >= 4 is 0 Å². The number of nitrogens with zero attached hydrogens (tertiary/aromatic N) is 2. The summed E-state index contributed by atoms with van der Waals surface area (Å²) in [5.41, 5.74) is 2.62. The summed E-state index contributed by atoms with van der Waals surface area (Å²) in [6, 6.07) is 3.79. The number of ether oxygens (including phenoxy) is 2. The fourth-order valence-corrected chi connectivity index (χ4v) is 3.18. The molecule has 1 aliphatic heterocycles. The number of aliphatic hydroxyl groups is 1. The number of rotatable bonds is 5. The van der Waals surface area contributed by atoms with E-state index in [1.165, 1.54) is 0 Å². The highest BCUT2D eigenvalue weighted by molar-refractivity contribution is 5.68. The van der Waals surface area contributed by atoms with Crippen LogP contribution in [0.1, 0.15) is 23.4 Å². The van der Waals surface area contributed by atoms with Crippen LogP contribution in [0.25, 0.3) is 11.5 Å². The fourth-order valence-electron chi connectivity index (χ4n) is 3.18. The first kappa shape index (κ1) is 16.8. The lowest BCUT2D eigenvalue weighted by Crippen LogP contribution is -2.22. The molecule has 3 rings (SSSR count). The van der Waals surface area contributed by atoms with Crippen LogP contribution in [-0.2, 0) is 6.54 Å². The topological polar surface area (TPSA) is 68.0 Å². The lowest BCUT2D eigenvalue weighted by atomic mass is 10.1. The quantitative estimate of drug-likeness (QED) is 0.907. The third kappa shape index (κ3) is 3.12. The van der Waals surface area contributed by atoms with Crippen molar-refractivity contribution in [1.29, 1.82) is 0 Å². The van der Waals surface area contributed by atoms with Gasteiger partial charge in [0.2, 0.25) is 5.89 Å². The number of oxazole rings is 1. The van der Waals surface area contributed by atoms with Crippen molar-refractivity contribution in [2.24, 2.45) is 0 Å². The van der Waals surface area contributed by atoms with Gasteiger partial charge in [0.15, 0.2) is 0 Å². The summed E-state index contributed by atoms with van der Waals surface area (Å²) in [5.74, 6) is 2.82. The van der Waals surface area contributed by atoms with Crippen LogP contribution in [0.5, 0.6) is 11.5 Å². The molecule has 1 aliphatic rings. The molecule has 130 valence electrons. The zero-order chi connectivity index (χ0) is 17.3. The van der Waals surface area contributed by atoms with Crippen molar-refractivity contribution in [3.63, 3.8) is 0 Å². The summed E-state index contributed by atoms with van der Waals surface area (Å²) in [4.78, 5) is 6.85. The standard InChI is InChI=1S/C18H24N2O4/c1-11-16(22-3)6-5-14(17(11)23-4)18-19-15(12(2)24-18)10-20-8-7-13(21)9-20/h5-6,13,21H,7-10H2,1-4H3/t13-/m1/s1. The fraction of sp³-hybridized carbons (Fsp3) is 0.500. The molecular formula is C18H24N2O4. The van der Waals surface area contributed by atoms with Gasteiger partial charge in [0, 0.05) is 25.2 Å². The van der Waals surface area contributed by atoms with E-state index in [2.05, 4.69) is 9.88 Å². The largest absolute Gasteiger partial charge is 0.496 e. The molecule has 2 aromatic rings. The summed E-state index contributed by atoms with van der Waals surface area (Å²) in [7, 11) is 3.27. The van der Waals surface area contributed by atoms with Gasteiger partial charge < -0.3 is 19.0 Å². The number of β-amino-alcohol motifs (C(OH)–C–C–N with tert-alkyl or cyclic N) is 1. The lowest BCUT2D eigenvalue weighted by Gasteiger charge is -2.13. The molecule has 0 aliphatic carbocycles. The minimum Gasteiger partial charge on any atom is -0.496 e. The Bertz CT molecular complexity index is 726. The van der Waals surface area contributed by atoms with E-state index in [-0.39, 0.29) is 6.10 Å². The average Bonchev–Trinajstić information content (AvgIpc) is 3.13. The van der Waals surface area contributed by atoms with Crippen LogP contribution in [0.3, 0.4) is 0 Å². The van der Waals surface area contributed by atoms with Gasteiger partial charge in [-0.2, -0.15) is 0 Å². The average molecular weight is 332 g/mol. The van der Waals surface area contributed by atoms with Crippen molar-refractivity contribution in [3.05, 3.63) is 29.2 Å². The molecule has 1 aromatic heterocycles. The van der Waals surface area contributed by atoms with Gasteiger partial charge in [-0.1, -0.05) is 0 Å². The van der Waals surface area contributed by atoms with Crippen LogP contribution in [0, 0.1) is 13.8 Å². The predicted octanol–water partition coefficient (Wildman–Crippen LogP) is 2.54. The molecule has 24 heavy (non-hydrogen) atoms. The Morgan fingerprint density at radius 3 is 2.71 bits per heavy atom. The Labute approximate surface area is 142 Å². The number of hydrogen-bond acceptors (Lipinski definition) is 6. The Morgan fingerprint density at radius 1 is 1.29 bits per heavy atom. The highest BCUT2D eigenvalue weighted by Gasteiger charge is 2.24. The number of hydrogen-bond donors (Lipinski definition) is 1. The number of methoxy groups -OCH3 is 2. The second-order valence-electron chi connectivity index (χ2n) is 6.17. The Morgan fingerprint density at radius 2 is 2.08 bits per heavy atom. The molecule has 1 fully saturated rings. The third-order valence-corrected chi connectivity index (χ3v) is 4.52. The van der Waals surface area contributed by atoms with E-state index in [9.17, 15) is 5.11 Å². The predicted molar refractivity (Wildman–Crippen MR) is 90.4 cm³/mol. The molecule has 0 spiro atoms. The van der Waals surface area contributed by atoms with Crippen LogP contribution in [0.15, 0.2) is 16.5 Å². The van der Waals surface area contributed by atoms with Gasteiger partial charge in [-0.05, 0) is 32.4 Å². The smallest absolute Gasteiger partial charge is 0.230 e. The SMILES string of the molecule is COc1ccc(-c2nc(CN3CC[C@@H](O)C3)c(C)o2)c(OC)c1C. The zero-order valence-electron chi connectivity index (χ0n) is 14.6. The van der Waals surface area contributed by atoms with Crippen molar-refractivity contribution in [2.45, 2.75) is 32.9 Å². The number of aliphatic hydroxyl groups excluding tert-OH is 1. The molecule has 2 heterocycles. The van der Waals surface area contributed by atoms with Gasteiger partial charge in [0.1, 0.15) is 17.3 Å². The van der Waals surface area contributed by atoms with Crippen molar-refractivity contribution in [1.82, 2.24) is 9.88 Å². The molecule has 0 bridgehead atoms. The molecule has 1 aromatic carbocycles. The van der Waals surface area contributed by atoms with Gasteiger partial charge in [0.05, 0.1) is 31.6 Å². The minimum absolute atomic E-state index is 0.235. The maximum Gasteiger partial charge on any atom is 0.230 e. The maximum atomic E-state index is 9.66. The van der Waals surface area contributed by atoms with Crippen molar-refractivity contribution in [3.8, 4) is 23.0 Å². The summed E-state index contributed by atoms with van der Waals surface area (Å²) < 4.78 is 16.8. The number of aromatic nitrogens is 1. The molecule has 1 N–H and O–H groups in total.